The average molecular weight is 209 g/mol. The Kier molecular flexibility index (Phi) is 3.31. The molecule has 0 amide bonds. The van der Waals surface area contributed by atoms with Gasteiger partial charge in [0, 0.05) is 5.56 Å². The van der Waals surface area contributed by atoms with Gasteiger partial charge in [-0.3, -0.25) is 9.69 Å². The molecule has 4 heteroatoms. The highest BCUT2D eigenvalue weighted by Gasteiger charge is 2.17. The van der Waals surface area contributed by atoms with E-state index < -0.39 is 0 Å². The number of phenols is 2. The number of ketones is 1. The minimum absolute atomic E-state index is 0.0877. The van der Waals surface area contributed by atoms with Crippen LogP contribution >= 0.6 is 0 Å². The molecule has 0 bridgehead atoms. The molecule has 0 spiro atoms. The number of rotatable bonds is 3. The van der Waals surface area contributed by atoms with Crippen LogP contribution in [0.2, 0.25) is 0 Å². The van der Waals surface area contributed by atoms with Gasteiger partial charge in [-0.25, -0.2) is 0 Å². The summed E-state index contributed by atoms with van der Waals surface area (Å²) in [4.78, 5) is 13.6. The average Bonchev–Trinajstić information content (AvgIpc) is 2.19. The van der Waals surface area contributed by atoms with Gasteiger partial charge in [0.05, 0.1) is 6.04 Å². The van der Waals surface area contributed by atoms with Gasteiger partial charge < -0.3 is 10.2 Å². The van der Waals surface area contributed by atoms with Crippen LogP contribution in [0.15, 0.2) is 18.2 Å². The molecule has 1 rings (SSSR count). The Morgan fingerprint density at radius 1 is 1.27 bits per heavy atom. The van der Waals surface area contributed by atoms with E-state index >= 15 is 0 Å². The van der Waals surface area contributed by atoms with Gasteiger partial charge in [-0.05, 0) is 39.2 Å². The van der Waals surface area contributed by atoms with Gasteiger partial charge >= 0.3 is 0 Å². The molecule has 0 radical (unpaired) electrons. The van der Waals surface area contributed by atoms with E-state index in [1.54, 1.807) is 11.8 Å². The van der Waals surface area contributed by atoms with Crippen molar-refractivity contribution in [2.45, 2.75) is 13.0 Å². The molecule has 82 valence electrons. The Balaban J connectivity index is 2.97. The molecular formula is C11H15NO3. The van der Waals surface area contributed by atoms with E-state index in [1.807, 2.05) is 14.1 Å². The standard InChI is InChI=1S/C11H15NO3/c1-7(12(2)3)11(15)8-4-5-9(13)10(14)6-8/h4-7,13-14H,1-3H3. The summed E-state index contributed by atoms with van der Waals surface area (Å²) in [6, 6.07) is 3.83. The van der Waals surface area contributed by atoms with Crippen molar-refractivity contribution >= 4 is 5.78 Å². The van der Waals surface area contributed by atoms with Crippen molar-refractivity contribution in [3.63, 3.8) is 0 Å². The normalized spacial score (nSPS) is 12.8. The lowest BCUT2D eigenvalue weighted by molar-refractivity contribution is 0.0890. The number of nitrogens with zero attached hydrogens (tertiary/aromatic N) is 1. The number of carbonyl (C=O) groups excluding carboxylic acids is 1. The third-order valence-corrected chi connectivity index (χ3v) is 2.41. The Hall–Kier alpha value is -1.55. The summed E-state index contributed by atoms with van der Waals surface area (Å²) in [5.74, 6) is -0.578. The molecule has 1 aromatic carbocycles. The van der Waals surface area contributed by atoms with Crippen LogP contribution < -0.4 is 0 Å². The van der Waals surface area contributed by atoms with Crippen LogP contribution in [0.25, 0.3) is 0 Å². The van der Waals surface area contributed by atoms with Gasteiger partial charge in [0.2, 0.25) is 0 Å². The third kappa shape index (κ3) is 2.47. The smallest absolute Gasteiger partial charge is 0.179 e. The molecule has 0 heterocycles. The topological polar surface area (TPSA) is 60.8 Å². The molecule has 1 aromatic rings. The molecule has 0 fully saturated rings. The number of carbonyl (C=O) groups is 1. The summed E-state index contributed by atoms with van der Waals surface area (Å²) in [5, 5.41) is 18.4. The van der Waals surface area contributed by atoms with Gasteiger partial charge in [0.25, 0.3) is 0 Å². The second-order valence-corrected chi connectivity index (χ2v) is 3.71. The number of benzene rings is 1. The van der Waals surface area contributed by atoms with Gasteiger partial charge in [0.1, 0.15) is 0 Å². The van der Waals surface area contributed by atoms with E-state index in [2.05, 4.69) is 0 Å². The molecule has 15 heavy (non-hydrogen) atoms. The van der Waals surface area contributed by atoms with Crippen molar-refractivity contribution in [3.8, 4) is 11.5 Å². The molecule has 0 aliphatic heterocycles. The van der Waals surface area contributed by atoms with Crippen LogP contribution in [0.3, 0.4) is 0 Å². The maximum Gasteiger partial charge on any atom is 0.179 e. The predicted octanol–water partition coefficient (Wildman–Crippen LogP) is 1.23. The maximum atomic E-state index is 11.8. The highest BCUT2D eigenvalue weighted by molar-refractivity contribution is 6.00. The molecule has 0 aromatic heterocycles. The Labute approximate surface area is 88.8 Å². The minimum atomic E-state index is -0.271. The number of hydrogen-bond donors (Lipinski definition) is 2. The quantitative estimate of drug-likeness (QED) is 0.580. The van der Waals surface area contributed by atoms with Crippen molar-refractivity contribution in [1.82, 2.24) is 4.90 Å². The number of aromatic hydroxyl groups is 2. The lowest BCUT2D eigenvalue weighted by Gasteiger charge is -2.18. The number of Topliss-reactive ketones (excluding diaryl/α,β-unsaturated/α-hetero) is 1. The van der Waals surface area contributed by atoms with E-state index in [4.69, 9.17) is 5.11 Å². The van der Waals surface area contributed by atoms with Crippen LogP contribution in [0, 0.1) is 0 Å². The first-order chi connectivity index (χ1) is 6.93. The summed E-state index contributed by atoms with van der Waals surface area (Å²) >= 11 is 0. The van der Waals surface area contributed by atoms with E-state index in [0.29, 0.717) is 5.56 Å². The highest BCUT2D eigenvalue weighted by atomic mass is 16.3. The monoisotopic (exact) mass is 209 g/mol. The zero-order valence-electron chi connectivity index (χ0n) is 9.06. The van der Waals surface area contributed by atoms with Gasteiger partial charge in [-0.15, -0.1) is 0 Å². The highest BCUT2D eigenvalue weighted by Crippen LogP contribution is 2.25. The predicted molar refractivity (Wildman–Crippen MR) is 57.3 cm³/mol. The zero-order valence-corrected chi connectivity index (χ0v) is 9.06. The molecule has 0 aliphatic carbocycles. The molecule has 1 unspecified atom stereocenters. The SMILES string of the molecule is CC(C(=O)c1ccc(O)c(O)c1)N(C)C. The number of hydrogen-bond acceptors (Lipinski definition) is 4. The molecule has 2 N–H and O–H groups in total. The van der Waals surface area contributed by atoms with Crippen molar-refractivity contribution in [1.29, 1.82) is 0 Å². The summed E-state index contributed by atoms with van der Waals surface area (Å²) in [7, 11) is 3.62. The lowest BCUT2D eigenvalue weighted by atomic mass is 10.0. The number of likely N-dealkylation sites (N-methyl/N-ethyl adjacent to an activating group) is 1. The van der Waals surface area contributed by atoms with Gasteiger partial charge in [-0.1, -0.05) is 0 Å². The van der Waals surface area contributed by atoms with E-state index in [0.717, 1.165) is 0 Å². The fourth-order valence-electron chi connectivity index (χ4n) is 1.15. The lowest BCUT2D eigenvalue weighted by Crippen LogP contribution is -2.32. The molecule has 0 saturated carbocycles. The first-order valence-electron chi connectivity index (χ1n) is 4.66. The molecule has 0 aliphatic rings. The van der Waals surface area contributed by atoms with Crippen molar-refractivity contribution < 1.29 is 15.0 Å². The second-order valence-electron chi connectivity index (χ2n) is 3.71. The van der Waals surface area contributed by atoms with E-state index in [9.17, 15) is 9.90 Å². The summed E-state index contributed by atoms with van der Waals surface area (Å²) < 4.78 is 0. The first-order valence-corrected chi connectivity index (χ1v) is 4.66. The molecule has 1 atom stereocenters. The van der Waals surface area contributed by atoms with Crippen molar-refractivity contribution in [2.24, 2.45) is 0 Å². The molecule has 4 nitrogen and oxygen atoms in total. The Morgan fingerprint density at radius 2 is 1.87 bits per heavy atom. The Bertz CT molecular complexity index is 374. The summed E-state index contributed by atoms with van der Waals surface area (Å²) in [6.45, 7) is 1.78. The van der Waals surface area contributed by atoms with Crippen LogP contribution in [-0.2, 0) is 0 Å². The maximum absolute atomic E-state index is 11.8. The second kappa shape index (κ2) is 4.31. The summed E-state index contributed by atoms with van der Waals surface area (Å²) in [6.07, 6.45) is 0. The summed E-state index contributed by atoms with van der Waals surface area (Å²) in [5.41, 5.74) is 0.395. The fraction of sp³-hybridized carbons (Fsp3) is 0.364. The van der Waals surface area contributed by atoms with E-state index in [-0.39, 0.29) is 23.3 Å². The molecular weight excluding hydrogens is 194 g/mol. The number of phenolic OH excluding ortho intramolecular Hbond substituents is 2. The van der Waals surface area contributed by atoms with Crippen LogP contribution in [-0.4, -0.2) is 41.0 Å². The van der Waals surface area contributed by atoms with Crippen molar-refractivity contribution in [3.05, 3.63) is 23.8 Å². The molecule has 0 saturated heterocycles. The van der Waals surface area contributed by atoms with E-state index in [1.165, 1.54) is 18.2 Å². The van der Waals surface area contributed by atoms with Crippen LogP contribution in [0.4, 0.5) is 0 Å². The van der Waals surface area contributed by atoms with Crippen LogP contribution in [0.5, 0.6) is 11.5 Å². The Morgan fingerprint density at radius 3 is 2.33 bits per heavy atom. The first kappa shape index (κ1) is 11.5. The van der Waals surface area contributed by atoms with Crippen molar-refractivity contribution in [2.75, 3.05) is 14.1 Å². The zero-order chi connectivity index (χ0) is 11.6. The van der Waals surface area contributed by atoms with Crippen LogP contribution in [0.1, 0.15) is 17.3 Å². The van der Waals surface area contributed by atoms with Gasteiger partial charge in [-0.2, -0.15) is 0 Å². The van der Waals surface area contributed by atoms with Gasteiger partial charge in [0.15, 0.2) is 17.3 Å². The third-order valence-electron chi connectivity index (χ3n) is 2.41. The largest absolute Gasteiger partial charge is 0.504 e. The fourth-order valence-corrected chi connectivity index (χ4v) is 1.15. The minimum Gasteiger partial charge on any atom is -0.504 e.